The Morgan fingerprint density at radius 3 is 2.64 bits per heavy atom. The zero-order valence-corrected chi connectivity index (χ0v) is 9.70. The summed E-state index contributed by atoms with van der Waals surface area (Å²) in [6.07, 6.45) is 2.25. The topological polar surface area (TPSA) is 26.0 Å². The summed E-state index contributed by atoms with van der Waals surface area (Å²) in [5, 5.41) is 0. The van der Waals surface area contributed by atoms with Crippen molar-refractivity contribution in [2.75, 3.05) is 6.54 Å². The highest BCUT2D eigenvalue weighted by molar-refractivity contribution is 9.10. The van der Waals surface area contributed by atoms with Crippen molar-refractivity contribution < 1.29 is 4.39 Å². The van der Waals surface area contributed by atoms with Gasteiger partial charge in [-0.2, -0.15) is 0 Å². The van der Waals surface area contributed by atoms with Gasteiger partial charge in [0.2, 0.25) is 0 Å². The second kappa shape index (κ2) is 3.31. The van der Waals surface area contributed by atoms with Crippen LogP contribution in [0.5, 0.6) is 0 Å². The summed E-state index contributed by atoms with van der Waals surface area (Å²) in [5.41, 5.74) is 8.08. The van der Waals surface area contributed by atoms with Crippen molar-refractivity contribution in [2.24, 2.45) is 5.73 Å². The Hall–Kier alpha value is -0.410. The van der Waals surface area contributed by atoms with Crippen LogP contribution in [0.1, 0.15) is 24.0 Å². The average molecular weight is 258 g/mol. The molecule has 1 aromatic carbocycles. The molecule has 1 fully saturated rings. The molecule has 0 unspecified atom stereocenters. The fraction of sp³-hybridized carbons (Fsp3) is 0.455. The van der Waals surface area contributed by atoms with Gasteiger partial charge in [-0.25, -0.2) is 4.39 Å². The van der Waals surface area contributed by atoms with E-state index in [0.717, 1.165) is 18.4 Å². The summed E-state index contributed by atoms with van der Waals surface area (Å²) >= 11 is 3.26. The van der Waals surface area contributed by atoms with E-state index in [2.05, 4.69) is 15.9 Å². The third-order valence-electron chi connectivity index (χ3n) is 3.15. The Bertz CT molecular complexity index is 372. The molecule has 2 rings (SSSR count). The van der Waals surface area contributed by atoms with Gasteiger partial charge in [0, 0.05) is 12.0 Å². The summed E-state index contributed by atoms with van der Waals surface area (Å²) in [7, 11) is 0. The van der Waals surface area contributed by atoms with E-state index in [4.69, 9.17) is 5.73 Å². The number of halogens is 2. The van der Waals surface area contributed by atoms with E-state index in [1.165, 1.54) is 11.6 Å². The van der Waals surface area contributed by atoms with Crippen LogP contribution in [-0.4, -0.2) is 6.54 Å². The molecule has 3 heteroatoms. The lowest BCUT2D eigenvalue weighted by molar-refractivity contribution is 0.613. The highest BCUT2D eigenvalue weighted by Gasteiger charge is 2.44. The molecule has 1 nitrogen and oxygen atoms in total. The molecule has 1 aliphatic rings. The highest BCUT2D eigenvalue weighted by atomic mass is 79.9. The molecule has 14 heavy (non-hydrogen) atoms. The molecule has 0 bridgehead atoms. The monoisotopic (exact) mass is 257 g/mol. The maximum absolute atomic E-state index is 13.2. The van der Waals surface area contributed by atoms with Crippen LogP contribution in [0.15, 0.2) is 16.6 Å². The number of benzene rings is 1. The van der Waals surface area contributed by atoms with E-state index in [9.17, 15) is 4.39 Å². The van der Waals surface area contributed by atoms with Gasteiger partial charge in [-0.3, -0.25) is 0 Å². The number of nitrogens with two attached hydrogens (primary N) is 1. The zero-order chi connectivity index (χ0) is 10.3. The molecule has 1 aliphatic carbocycles. The van der Waals surface area contributed by atoms with Crippen LogP contribution in [0.3, 0.4) is 0 Å². The first-order valence-corrected chi connectivity index (χ1v) is 5.55. The summed E-state index contributed by atoms with van der Waals surface area (Å²) in [6, 6.07) is 3.39. The van der Waals surface area contributed by atoms with Gasteiger partial charge in [-0.05, 0) is 52.9 Å². The zero-order valence-electron chi connectivity index (χ0n) is 8.11. The lowest BCUT2D eigenvalue weighted by Crippen LogP contribution is -2.21. The van der Waals surface area contributed by atoms with E-state index >= 15 is 0 Å². The summed E-state index contributed by atoms with van der Waals surface area (Å²) in [5.74, 6) is -0.195. The Labute approximate surface area is 91.6 Å². The molecule has 1 aromatic rings. The number of hydrogen-bond acceptors (Lipinski definition) is 1. The lowest BCUT2D eigenvalue weighted by Gasteiger charge is -2.17. The molecule has 0 aliphatic heterocycles. The van der Waals surface area contributed by atoms with E-state index < -0.39 is 0 Å². The van der Waals surface area contributed by atoms with Crippen LogP contribution >= 0.6 is 15.9 Å². The van der Waals surface area contributed by atoms with Gasteiger partial charge in [-0.15, -0.1) is 0 Å². The Morgan fingerprint density at radius 1 is 1.50 bits per heavy atom. The first kappa shape index (κ1) is 10.1. The van der Waals surface area contributed by atoms with Gasteiger partial charge in [0.1, 0.15) is 5.82 Å². The summed E-state index contributed by atoms with van der Waals surface area (Å²) in [6.45, 7) is 2.60. The standard InChI is InChI=1S/C11H13BrFN/c1-7-8(11(6-14)4-5-11)2-3-9(13)10(7)12/h2-3H,4-6,14H2,1H3. The lowest BCUT2D eigenvalue weighted by atomic mass is 9.92. The van der Waals surface area contributed by atoms with Gasteiger partial charge in [-0.1, -0.05) is 6.07 Å². The predicted octanol–water partition coefficient (Wildman–Crippen LogP) is 2.89. The molecular formula is C11H13BrFN. The molecular weight excluding hydrogens is 245 g/mol. The second-order valence-electron chi connectivity index (χ2n) is 4.02. The average Bonchev–Trinajstić information content (AvgIpc) is 2.95. The van der Waals surface area contributed by atoms with Crippen molar-refractivity contribution in [3.8, 4) is 0 Å². The third-order valence-corrected chi connectivity index (χ3v) is 4.13. The Balaban J connectivity index is 2.50. The van der Waals surface area contributed by atoms with Crippen molar-refractivity contribution in [3.63, 3.8) is 0 Å². The smallest absolute Gasteiger partial charge is 0.137 e. The molecule has 0 amide bonds. The van der Waals surface area contributed by atoms with Crippen LogP contribution in [0.2, 0.25) is 0 Å². The van der Waals surface area contributed by atoms with Crippen LogP contribution < -0.4 is 5.73 Å². The maximum Gasteiger partial charge on any atom is 0.137 e. The van der Waals surface area contributed by atoms with Crippen molar-refractivity contribution >= 4 is 15.9 Å². The van der Waals surface area contributed by atoms with Crippen molar-refractivity contribution in [1.82, 2.24) is 0 Å². The van der Waals surface area contributed by atoms with E-state index in [-0.39, 0.29) is 11.2 Å². The minimum absolute atomic E-state index is 0.139. The van der Waals surface area contributed by atoms with Crippen LogP contribution in [0.25, 0.3) is 0 Å². The molecule has 1 saturated carbocycles. The van der Waals surface area contributed by atoms with Gasteiger partial charge in [0.15, 0.2) is 0 Å². The van der Waals surface area contributed by atoms with Crippen LogP contribution in [0, 0.1) is 12.7 Å². The number of hydrogen-bond donors (Lipinski definition) is 1. The minimum atomic E-state index is -0.195. The normalized spacial score (nSPS) is 18.3. The molecule has 0 aromatic heterocycles. The Kier molecular flexibility index (Phi) is 2.40. The fourth-order valence-corrected chi connectivity index (χ4v) is 2.31. The molecule has 0 saturated heterocycles. The van der Waals surface area contributed by atoms with Gasteiger partial charge < -0.3 is 5.73 Å². The van der Waals surface area contributed by atoms with Crippen molar-refractivity contribution in [3.05, 3.63) is 33.5 Å². The number of rotatable bonds is 2. The molecule has 0 spiro atoms. The van der Waals surface area contributed by atoms with E-state index in [0.29, 0.717) is 11.0 Å². The minimum Gasteiger partial charge on any atom is -0.330 e. The van der Waals surface area contributed by atoms with Crippen molar-refractivity contribution in [2.45, 2.75) is 25.2 Å². The largest absolute Gasteiger partial charge is 0.330 e. The van der Waals surface area contributed by atoms with E-state index in [1.807, 2.05) is 13.0 Å². The first-order valence-electron chi connectivity index (χ1n) is 4.76. The van der Waals surface area contributed by atoms with Crippen molar-refractivity contribution in [1.29, 1.82) is 0 Å². The molecule has 0 atom stereocenters. The third kappa shape index (κ3) is 1.39. The Morgan fingerprint density at radius 2 is 2.14 bits per heavy atom. The summed E-state index contributed by atoms with van der Waals surface area (Å²) in [4.78, 5) is 0. The molecule has 0 radical (unpaired) electrons. The predicted molar refractivity (Wildman–Crippen MR) is 58.8 cm³/mol. The SMILES string of the molecule is Cc1c(C2(CN)CC2)ccc(F)c1Br. The maximum atomic E-state index is 13.2. The van der Waals surface area contributed by atoms with Crippen LogP contribution in [-0.2, 0) is 5.41 Å². The molecule has 0 heterocycles. The quantitative estimate of drug-likeness (QED) is 0.867. The summed E-state index contributed by atoms with van der Waals surface area (Å²) < 4.78 is 13.8. The molecule has 2 N–H and O–H groups in total. The van der Waals surface area contributed by atoms with Gasteiger partial charge >= 0.3 is 0 Å². The van der Waals surface area contributed by atoms with Gasteiger partial charge in [0.05, 0.1) is 4.47 Å². The highest BCUT2D eigenvalue weighted by Crippen LogP contribution is 2.49. The fourth-order valence-electron chi connectivity index (χ4n) is 1.96. The van der Waals surface area contributed by atoms with E-state index in [1.54, 1.807) is 0 Å². The molecule has 76 valence electrons. The second-order valence-corrected chi connectivity index (χ2v) is 4.81. The first-order chi connectivity index (χ1) is 6.60. The van der Waals surface area contributed by atoms with Gasteiger partial charge in [0.25, 0.3) is 0 Å². The van der Waals surface area contributed by atoms with Crippen LogP contribution in [0.4, 0.5) is 4.39 Å².